The quantitative estimate of drug-likeness (QED) is 0.607. The van der Waals surface area contributed by atoms with Crippen LogP contribution in [0.4, 0.5) is 11.4 Å². The summed E-state index contributed by atoms with van der Waals surface area (Å²) in [5.74, 6) is -0.122. The molecular formula is C19H17ClN4O2S. The summed E-state index contributed by atoms with van der Waals surface area (Å²) in [7, 11) is 0. The van der Waals surface area contributed by atoms with E-state index in [0.717, 1.165) is 5.69 Å². The minimum atomic E-state index is -0.164. The van der Waals surface area contributed by atoms with Crippen molar-refractivity contribution >= 4 is 46.6 Å². The molecule has 2 amide bonds. The Balaban J connectivity index is 1.61. The van der Waals surface area contributed by atoms with E-state index in [0.29, 0.717) is 21.6 Å². The maximum atomic E-state index is 12.3. The van der Waals surface area contributed by atoms with Gasteiger partial charge in [-0.05, 0) is 42.5 Å². The van der Waals surface area contributed by atoms with E-state index in [4.69, 9.17) is 11.6 Å². The second-order valence-electron chi connectivity index (χ2n) is 5.66. The van der Waals surface area contributed by atoms with Crippen LogP contribution >= 0.6 is 23.4 Å². The predicted octanol–water partition coefficient (Wildman–Crippen LogP) is 4.21. The van der Waals surface area contributed by atoms with Gasteiger partial charge in [-0.2, -0.15) is 0 Å². The Morgan fingerprint density at radius 2 is 1.81 bits per heavy atom. The molecule has 3 rings (SSSR count). The van der Waals surface area contributed by atoms with Crippen molar-refractivity contribution in [1.82, 2.24) is 9.55 Å². The van der Waals surface area contributed by atoms with Crippen LogP contribution in [0.1, 0.15) is 6.92 Å². The van der Waals surface area contributed by atoms with Crippen molar-refractivity contribution in [2.24, 2.45) is 0 Å². The molecule has 1 heterocycles. The van der Waals surface area contributed by atoms with E-state index < -0.39 is 0 Å². The summed E-state index contributed by atoms with van der Waals surface area (Å²) < 4.78 is 1.89. The molecule has 27 heavy (non-hydrogen) atoms. The van der Waals surface area contributed by atoms with E-state index in [1.165, 1.54) is 18.7 Å². The second-order valence-corrected chi connectivity index (χ2v) is 7.03. The number of rotatable bonds is 6. The summed E-state index contributed by atoms with van der Waals surface area (Å²) >= 11 is 7.26. The highest BCUT2D eigenvalue weighted by Crippen LogP contribution is 2.22. The molecule has 0 aliphatic heterocycles. The zero-order valence-electron chi connectivity index (χ0n) is 14.5. The molecule has 0 fully saturated rings. The van der Waals surface area contributed by atoms with Crippen LogP contribution in [0.15, 0.2) is 66.1 Å². The van der Waals surface area contributed by atoms with Gasteiger partial charge in [-0.1, -0.05) is 29.4 Å². The first-order valence-electron chi connectivity index (χ1n) is 8.11. The Labute approximate surface area is 165 Å². The van der Waals surface area contributed by atoms with Gasteiger partial charge in [0.05, 0.1) is 5.75 Å². The fraction of sp³-hybridized carbons (Fsp3) is 0.105. The van der Waals surface area contributed by atoms with Crippen molar-refractivity contribution in [3.63, 3.8) is 0 Å². The molecule has 0 saturated heterocycles. The molecule has 1 aromatic heterocycles. The number of imidazole rings is 1. The number of thioether (sulfide) groups is 1. The monoisotopic (exact) mass is 400 g/mol. The maximum absolute atomic E-state index is 12.3. The molecule has 0 saturated carbocycles. The number of nitrogens with zero attached hydrogens (tertiary/aromatic N) is 2. The van der Waals surface area contributed by atoms with Gasteiger partial charge in [0.1, 0.15) is 0 Å². The number of anilines is 2. The second kappa shape index (κ2) is 8.75. The molecule has 0 radical (unpaired) electrons. The summed E-state index contributed by atoms with van der Waals surface area (Å²) in [5.41, 5.74) is 2.17. The highest BCUT2D eigenvalue weighted by molar-refractivity contribution is 7.99. The zero-order valence-corrected chi connectivity index (χ0v) is 16.1. The Morgan fingerprint density at radius 3 is 2.52 bits per heavy atom. The lowest BCUT2D eigenvalue weighted by molar-refractivity contribution is -0.114. The van der Waals surface area contributed by atoms with Crippen molar-refractivity contribution in [3.8, 4) is 5.69 Å². The molecular weight excluding hydrogens is 384 g/mol. The lowest BCUT2D eigenvalue weighted by Gasteiger charge is -2.09. The largest absolute Gasteiger partial charge is 0.326 e. The van der Waals surface area contributed by atoms with Crippen molar-refractivity contribution in [2.45, 2.75) is 12.1 Å². The number of aromatic nitrogens is 2. The minimum Gasteiger partial charge on any atom is -0.326 e. The summed E-state index contributed by atoms with van der Waals surface area (Å²) in [6, 6.07) is 14.4. The van der Waals surface area contributed by atoms with Gasteiger partial charge in [0.15, 0.2) is 5.16 Å². The third kappa shape index (κ3) is 5.35. The summed E-state index contributed by atoms with van der Waals surface area (Å²) in [6.45, 7) is 1.44. The number of hydrogen-bond acceptors (Lipinski definition) is 4. The highest BCUT2D eigenvalue weighted by Gasteiger charge is 2.10. The first kappa shape index (κ1) is 19.0. The van der Waals surface area contributed by atoms with Gasteiger partial charge in [0, 0.05) is 41.4 Å². The summed E-state index contributed by atoms with van der Waals surface area (Å²) in [5, 5.41) is 6.87. The number of nitrogens with one attached hydrogen (secondary N) is 2. The van der Waals surface area contributed by atoms with Gasteiger partial charge in [0.2, 0.25) is 11.8 Å². The number of amides is 2. The van der Waals surface area contributed by atoms with E-state index in [-0.39, 0.29) is 17.6 Å². The first-order chi connectivity index (χ1) is 13.0. The van der Waals surface area contributed by atoms with E-state index >= 15 is 0 Å². The van der Waals surface area contributed by atoms with Crippen LogP contribution in [-0.2, 0) is 9.59 Å². The van der Waals surface area contributed by atoms with Crippen LogP contribution in [0.2, 0.25) is 5.02 Å². The Hall–Kier alpha value is -2.77. The number of halogens is 1. The van der Waals surface area contributed by atoms with Crippen LogP contribution in [-0.4, -0.2) is 27.1 Å². The van der Waals surface area contributed by atoms with Crippen molar-refractivity contribution in [3.05, 3.63) is 65.9 Å². The molecule has 0 aliphatic rings. The number of hydrogen-bond donors (Lipinski definition) is 2. The molecule has 2 aromatic carbocycles. The molecule has 138 valence electrons. The van der Waals surface area contributed by atoms with Crippen LogP contribution in [0.3, 0.4) is 0 Å². The van der Waals surface area contributed by atoms with Crippen LogP contribution < -0.4 is 10.6 Å². The molecule has 0 unspecified atom stereocenters. The first-order valence-corrected chi connectivity index (χ1v) is 9.47. The third-order valence-electron chi connectivity index (χ3n) is 3.51. The Morgan fingerprint density at radius 1 is 1.11 bits per heavy atom. The summed E-state index contributed by atoms with van der Waals surface area (Å²) in [6.07, 6.45) is 3.52. The van der Waals surface area contributed by atoms with Crippen LogP contribution in [0, 0.1) is 0 Å². The van der Waals surface area contributed by atoms with Crippen molar-refractivity contribution < 1.29 is 9.59 Å². The SMILES string of the molecule is CC(=O)Nc1cccc(NC(=O)CSc2nccn2-c2ccc(Cl)cc2)c1. The van der Waals surface area contributed by atoms with Crippen molar-refractivity contribution in [2.75, 3.05) is 16.4 Å². The molecule has 3 aromatic rings. The van der Waals surface area contributed by atoms with Crippen LogP contribution in [0.25, 0.3) is 5.69 Å². The average molecular weight is 401 g/mol. The van der Waals surface area contributed by atoms with E-state index in [1.807, 2.05) is 22.9 Å². The van der Waals surface area contributed by atoms with E-state index in [9.17, 15) is 9.59 Å². The molecule has 0 aliphatic carbocycles. The normalized spacial score (nSPS) is 10.4. The molecule has 2 N–H and O–H groups in total. The third-order valence-corrected chi connectivity index (χ3v) is 4.73. The van der Waals surface area contributed by atoms with Gasteiger partial charge in [-0.25, -0.2) is 4.98 Å². The molecule has 6 nitrogen and oxygen atoms in total. The number of carbonyl (C=O) groups excluding carboxylic acids is 2. The molecule has 8 heteroatoms. The molecule has 0 spiro atoms. The topological polar surface area (TPSA) is 76.0 Å². The van der Waals surface area contributed by atoms with E-state index in [2.05, 4.69) is 15.6 Å². The van der Waals surface area contributed by atoms with Gasteiger partial charge < -0.3 is 10.6 Å². The van der Waals surface area contributed by atoms with E-state index in [1.54, 1.807) is 42.6 Å². The van der Waals surface area contributed by atoms with Gasteiger partial charge in [-0.15, -0.1) is 0 Å². The Bertz CT molecular complexity index is 956. The fourth-order valence-corrected chi connectivity index (χ4v) is 3.30. The zero-order chi connectivity index (χ0) is 19.2. The van der Waals surface area contributed by atoms with Gasteiger partial charge in [-0.3, -0.25) is 14.2 Å². The minimum absolute atomic E-state index is 0.161. The predicted molar refractivity (Wildman–Crippen MR) is 109 cm³/mol. The van der Waals surface area contributed by atoms with Crippen molar-refractivity contribution in [1.29, 1.82) is 0 Å². The fourth-order valence-electron chi connectivity index (χ4n) is 2.40. The number of carbonyl (C=O) groups is 2. The molecule has 0 bridgehead atoms. The number of benzene rings is 2. The lowest BCUT2D eigenvalue weighted by atomic mass is 10.2. The van der Waals surface area contributed by atoms with Gasteiger partial charge in [0.25, 0.3) is 0 Å². The standard InChI is InChI=1S/C19H17ClN4O2S/c1-13(25)22-15-3-2-4-16(11-15)23-18(26)12-27-19-21-9-10-24(19)17-7-5-14(20)6-8-17/h2-11H,12H2,1H3,(H,22,25)(H,23,26). The lowest BCUT2D eigenvalue weighted by Crippen LogP contribution is -2.15. The summed E-state index contributed by atoms with van der Waals surface area (Å²) in [4.78, 5) is 27.7. The Kier molecular flexibility index (Phi) is 6.16. The average Bonchev–Trinajstić information content (AvgIpc) is 3.09. The highest BCUT2D eigenvalue weighted by atomic mass is 35.5. The smallest absolute Gasteiger partial charge is 0.234 e. The van der Waals surface area contributed by atoms with Gasteiger partial charge >= 0.3 is 0 Å². The van der Waals surface area contributed by atoms with Crippen LogP contribution in [0.5, 0.6) is 0 Å². The maximum Gasteiger partial charge on any atom is 0.234 e. The molecule has 0 atom stereocenters.